The second-order valence-corrected chi connectivity index (χ2v) is 5.89. The lowest BCUT2D eigenvalue weighted by Gasteiger charge is -2.39. The van der Waals surface area contributed by atoms with Crippen LogP contribution in [0.1, 0.15) is 23.7 Å². The average Bonchev–Trinajstić information content (AvgIpc) is 2.41. The van der Waals surface area contributed by atoms with E-state index in [9.17, 15) is 4.79 Å². The molecule has 1 heterocycles. The Labute approximate surface area is 122 Å². The molecule has 5 heteroatoms. The molecule has 0 aliphatic carbocycles. The van der Waals surface area contributed by atoms with Gasteiger partial charge < -0.3 is 10.6 Å². The van der Waals surface area contributed by atoms with Crippen molar-refractivity contribution in [2.75, 3.05) is 32.4 Å². The van der Waals surface area contributed by atoms with Crippen LogP contribution in [0.15, 0.2) is 22.7 Å². The van der Waals surface area contributed by atoms with E-state index < -0.39 is 0 Å². The number of benzene rings is 1. The molecule has 1 saturated heterocycles. The number of carbonyl (C=O) groups is 1. The molecule has 1 unspecified atom stereocenters. The number of nitrogens with zero attached hydrogens (tertiary/aromatic N) is 2. The normalized spacial score (nSPS) is 20.6. The van der Waals surface area contributed by atoms with Crippen LogP contribution >= 0.6 is 15.9 Å². The standard InChI is InChI=1S/C14H20BrN3O/c1-3-11-9-18(7-6-17(11)2)14(19)12-8-10(16)4-5-13(12)15/h4-5,8,11H,3,6-7,9,16H2,1-2H3. The summed E-state index contributed by atoms with van der Waals surface area (Å²) in [6, 6.07) is 5.80. The van der Waals surface area contributed by atoms with E-state index >= 15 is 0 Å². The molecule has 0 aromatic heterocycles. The van der Waals surface area contributed by atoms with Crippen LogP contribution in [0.25, 0.3) is 0 Å². The van der Waals surface area contributed by atoms with Crippen LogP contribution < -0.4 is 5.73 Å². The number of nitrogen functional groups attached to an aromatic ring is 1. The SMILES string of the molecule is CCC1CN(C(=O)c2cc(N)ccc2Br)CCN1C. The zero-order chi connectivity index (χ0) is 14.0. The van der Waals surface area contributed by atoms with Gasteiger partial charge in [0.15, 0.2) is 0 Å². The van der Waals surface area contributed by atoms with E-state index in [1.165, 1.54) is 0 Å². The van der Waals surface area contributed by atoms with Gasteiger partial charge in [-0.05, 0) is 47.6 Å². The van der Waals surface area contributed by atoms with E-state index in [4.69, 9.17) is 5.73 Å². The Bertz CT molecular complexity index is 478. The minimum Gasteiger partial charge on any atom is -0.399 e. The van der Waals surface area contributed by atoms with Gasteiger partial charge in [0, 0.05) is 35.8 Å². The molecule has 2 N–H and O–H groups in total. The Morgan fingerprint density at radius 1 is 1.47 bits per heavy atom. The Balaban J connectivity index is 2.18. The minimum atomic E-state index is 0.0609. The number of rotatable bonds is 2. The number of hydrogen-bond acceptors (Lipinski definition) is 3. The third-order valence-corrected chi connectivity index (χ3v) is 4.45. The van der Waals surface area contributed by atoms with Gasteiger partial charge in [-0.25, -0.2) is 0 Å². The first-order chi connectivity index (χ1) is 9.02. The summed E-state index contributed by atoms with van der Waals surface area (Å²) in [4.78, 5) is 16.8. The first kappa shape index (κ1) is 14.3. The fraction of sp³-hybridized carbons (Fsp3) is 0.500. The zero-order valence-electron chi connectivity index (χ0n) is 11.4. The summed E-state index contributed by atoms with van der Waals surface area (Å²) in [6.45, 7) is 4.63. The fourth-order valence-electron chi connectivity index (χ4n) is 2.45. The average molecular weight is 326 g/mol. The number of hydrogen-bond donors (Lipinski definition) is 1. The molecule has 1 amide bonds. The van der Waals surface area contributed by atoms with E-state index in [0.717, 1.165) is 30.5 Å². The number of anilines is 1. The summed E-state index contributed by atoms with van der Waals surface area (Å²) >= 11 is 3.43. The highest BCUT2D eigenvalue weighted by atomic mass is 79.9. The molecule has 0 bridgehead atoms. The molecular formula is C14H20BrN3O. The van der Waals surface area contributed by atoms with Crippen molar-refractivity contribution in [1.82, 2.24) is 9.80 Å². The molecule has 2 rings (SSSR count). The Morgan fingerprint density at radius 3 is 2.89 bits per heavy atom. The molecule has 1 atom stereocenters. The molecular weight excluding hydrogens is 306 g/mol. The van der Waals surface area contributed by atoms with E-state index in [1.54, 1.807) is 12.1 Å². The van der Waals surface area contributed by atoms with Crippen LogP contribution in [0.3, 0.4) is 0 Å². The van der Waals surface area contributed by atoms with Gasteiger partial charge in [0.1, 0.15) is 0 Å². The third kappa shape index (κ3) is 3.09. The minimum absolute atomic E-state index is 0.0609. The number of likely N-dealkylation sites (N-methyl/N-ethyl adjacent to an activating group) is 1. The van der Waals surface area contributed by atoms with E-state index in [1.807, 2.05) is 11.0 Å². The van der Waals surface area contributed by atoms with E-state index in [-0.39, 0.29) is 5.91 Å². The summed E-state index contributed by atoms with van der Waals surface area (Å²) < 4.78 is 0.804. The molecule has 0 radical (unpaired) electrons. The van der Waals surface area contributed by atoms with Crippen LogP contribution in [-0.2, 0) is 0 Å². The maximum Gasteiger partial charge on any atom is 0.255 e. The highest BCUT2D eigenvalue weighted by Crippen LogP contribution is 2.22. The monoisotopic (exact) mass is 325 g/mol. The Morgan fingerprint density at radius 2 is 2.21 bits per heavy atom. The number of nitrogens with two attached hydrogens (primary N) is 1. The number of piperazine rings is 1. The largest absolute Gasteiger partial charge is 0.399 e. The quantitative estimate of drug-likeness (QED) is 0.848. The topological polar surface area (TPSA) is 49.6 Å². The predicted octanol–water partition coefficient (Wildman–Crippen LogP) is 2.20. The lowest BCUT2D eigenvalue weighted by Crippen LogP contribution is -2.53. The highest BCUT2D eigenvalue weighted by molar-refractivity contribution is 9.10. The molecule has 104 valence electrons. The van der Waals surface area contributed by atoms with Crippen LogP contribution in [-0.4, -0.2) is 48.4 Å². The van der Waals surface area contributed by atoms with Gasteiger partial charge in [0.2, 0.25) is 0 Å². The summed E-state index contributed by atoms with van der Waals surface area (Å²) in [5.41, 5.74) is 7.04. The number of halogens is 1. The summed E-state index contributed by atoms with van der Waals surface area (Å²) in [5.74, 6) is 0.0609. The first-order valence-electron chi connectivity index (χ1n) is 6.57. The van der Waals surface area contributed by atoms with Gasteiger partial charge in [0.05, 0.1) is 5.56 Å². The van der Waals surface area contributed by atoms with E-state index in [0.29, 0.717) is 17.3 Å². The number of amides is 1. The van der Waals surface area contributed by atoms with E-state index in [2.05, 4.69) is 34.8 Å². The van der Waals surface area contributed by atoms with Crippen molar-refractivity contribution in [3.63, 3.8) is 0 Å². The maximum absolute atomic E-state index is 12.6. The van der Waals surface area contributed by atoms with Gasteiger partial charge in [-0.3, -0.25) is 9.69 Å². The van der Waals surface area contributed by atoms with Gasteiger partial charge in [0.25, 0.3) is 5.91 Å². The maximum atomic E-state index is 12.6. The molecule has 4 nitrogen and oxygen atoms in total. The lowest BCUT2D eigenvalue weighted by atomic mass is 10.1. The smallest absolute Gasteiger partial charge is 0.255 e. The Kier molecular flexibility index (Phi) is 4.47. The molecule has 1 fully saturated rings. The van der Waals surface area contributed by atoms with Crippen LogP contribution in [0.5, 0.6) is 0 Å². The molecule has 1 aromatic rings. The van der Waals surface area contributed by atoms with Crippen LogP contribution in [0, 0.1) is 0 Å². The van der Waals surface area contributed by atoms with Gasteiger partial charge in [-0.1, -0.05) is 6.92 Å². The molecule has 0 spiro atoms. The zero-order valence-corrected chi connectivity index (χ0v) is 13.0. The first-order valence-corrected chi connectivity index (χ1v) is 7.36. The third-order valence-electron chi connectivity index (χ3n) is 3.76. The van der Waals surface area contributed by atoms with Crippen molar-refractivity contribution in [3.05, 3.63) is 28.2 Å². The highest BCUT2D eigenvalue weighted by Gasteiger charge is 2.27. The van der Waals surface area contributed by atoms with Crippen molar-refractivity contribution in [2.24, 2.45) is 0 Å². The molecule has 0 saturated carbocycles. The van der Waals surface area contributed by atoms with Crippen LogP contribution in [0.4, 0.5) is 5.69 Å². The molecule has 19 heavy (non-hydrogen) atoms. The second kappa shape index (κ2) is 5.92. The summed E-state index contributed by atoms with van der Waals surface area (Å²) in [7, 11) is 2.12. The number of carbonyl (C=O) groups excluding carboxylic acids is 1. The van der Waals surface area contributed by atoms with Gasteiger partial charge in [-0.2, -0.15) is 0 Å². The summed E-state index contributed by atoms with van der Waals surface area (Å²) in [6.07, 6.45) is 1.05. The van der Waals surface area contributed by atoms with Crippen molar-refractivity contribution in [1.29, 1.82) is 0 Å². The van der Waals surface area contributed by atoms with Crippen molar-refractivity contribution >= 4 is 27.5 Å². The molecule has 1 aliphatic rings. The Hall–Kier alpha value is -1.07. The summed E-state index contributed by atoms with van der Waals surface area (Å²) in [5, 5.41) is 0. The molecule has 1 aromatic carbocycles. The van der Waals surface area contributed by atoms with Gasteiger partial charge >= 0.3 is 0 Å². The second-order valence-electron chi connectivity index (χ2n) is 5.03. The predicted molar refractivity (Wildman–Crippen MR) is 81.2 cm³/mol. The van der Waals surface area contributed by atoms with Crippen molar-refractivity contribution in [2.45, 2.75) is 19.4 Å². The van der Waals surface area contributed by atoms with Gasteiger partial charge in [-0.15, -0.1) is 0 Å². The van der Waals surface area contributed by atoms with Crippen molar-refractivity contribution < 1.29 is 4.79 Å². The van der Waals surface area contributed by atoms with Crippen molar-refractivity contribution in [3.8, 4) is 0 Å². The fourth-order valence-corrected chi connectivity index (χ4v) is 2.86. The molecule has 1 aliphatic heterocycles. The lowest BCUT2D eigenvalue weighted by molar-refractivity contribution is 0.0541. The van der Waals surface area contributed by atoms with Crippen LogP contribution in [0.2, 0.25) is 0 Å².